The Labute approximate surface area is 125 Å². The summed E-state index contributed by atoms with van der Waals surface area (Å²) in [5.74, 6) is -0.105. The standard InChI is InChI=1S/C17H35NO2/c1-4-5-6-7-8-9-10-11-12-13-14-20-17(19)16(18)15(2)3/h15-16H,4-14,18H2,1-3H3. The lowest BCUT2D eigenvalue weighted by Gasteiger charge is -2.14. The van der Waals surface area contributed by atoms with Crippen molar-refractivity contribution in [3.05, 3.63) is 0 Å². The third-order valence-corrected chi connectivity index (χ3v) is 3.73. The molecule has 1 atom stereocenters. The number of ether oxygens (including phenoxy) is 1. The van der Waals surface area contributed by atoms with Gasteiger partial charge in [0.25, 0.3) is 0 Å². The Morgan fingerprint density at radius 3 is 1.80 bits per heavy atom. The van der Waals surface area contributed by atoms with Gasteiger partial charge in [0, 0.05) is 0 Å². The van der Waals surface area contributed by atoms with Gasteiger partial charge in [0.1, 0.15) is 6.04 Å². The first-order chi connectivity index (χ1) is 9.59. The maximum atomic E-state index is 11.5. The SMILES string of the molecule is CCCCCCCCCCCCOC(=O)C(N)C(C)C. The topological polar surface area (TPSA) is 52.3 Å². The Morgan fingerprint density at radius 2 is 1.35 bits per heavy atom. The molecule has 0 fully saturated rings. The van der Waals surface area contributed by atoms with E-state index in [1.165, 1.54) is 51.4 Å². The molecule has 2 N–H and O–H groups in total. The summed E-state index contributed by atoms with van der Waals surface area (Å²) in [5, 5.41) is 0. The van der Waals surface area contributed by atoms with E-state index in [-0.39, 0.29) is 11.9 Å². The van der Waals surface area contributed by atoms with Gasteiger partial charge in [-0.25, -0.2) is 0 Å². The average molecular weight is 285 g/mol. The average Bonchev–Trinajstić information content (AvgIpc) is 2.43. The molecular weight excluding hydrogens is 250 g/mol. The second kappa shape index (κ2) is 13.4. The lowest BCUT2D eigenvalue weighted by Crippen LogP contribution is -2.37. The molecule has 0 heterocycles. The summed E-state index contributed by atoms with van der Waals surface area (Å²) >= 11 is 0. The first-order valence-electron chi connectivity index (χ1n) is 8.51. The van der Waals surface area contributed by atoms with Crippen molar-refractivity contribution in [1.29, 1.82) is 0 Å². The first kappa shape index (κ1) is 19.4. The van der Waals surface area contributed by atoms with Crippen molar-refractivity contribution in [1.82, 2.24) is 0 Å². The summed E-state index contributed by atoms with van der Waals surface area (Å²) in [6.45, 7) is 6.65. The van der Waals surface area contributed by atoms with Crippen LogP contribution in [0, 0.1) is 5.92 Å². The van der Waals surface area contributed by atoms with Crippen molar-refractivity contribution in [3.63, 3.8) is 0 Å². The highest BCUT2D eigenvalue weighted by molar-refractivity contribution is 5.75. The van der Waals surface area contributed by atoms with Crippen LogP contribution in [0.15, 0.2) is 0 Å². The normalized spacial score (nSPS) is 12.7. The molecule has 120 valence electrons. The number of hydrogen-bond acceptors (Lipinski definition) is 3. The van der Waals surface area contributed by atoms with Gasteiger partial charge in [-0.15, -0.1) is 0 Å². The number of esters is 1. The zero-order valence-corrected chi connectivity index (χ0v) is 13.8. The molecule has 1 unspecified atom stereocenters. The molecule has 0 aliphatic carbocycles. The highest BCUT2D eigenvalue weighted by Gasteiger charge is 2.18. The molecule has 0 aromatic carbocycles. The molecule has 0 amide bonds. The number of hydrogen-bond donors (Lipinski definition) is 1. The van der Waals surface area contributed by atoms with Gasteiger partial charge in [-0.2, -0.15) is 0 Å². The van der Waals surface area contributed by atoms with E-state index in [0.29, 0.717) is 6.61 Å². The summed E-state index contributed by atoms with van der Waals surface area (Å²) in [5.41, 5.74) is 5.72. The maximum Gasteiger partial charge on any atom is 0.323 e. The van der Waals surface area contributed by atoms with Crippen LogP contribution in [0.25, 0.3) is 0 Å². The second-order valence-electron chi connectivity index (χ2n) is 6.12. The molecule has 0 aliphatic heterocycles. The van der Waals surface area contributed by atoms with Gasteiger partial charge in [-0.05, 0) is 12.3 Å². The van der Waals surface area contributed by atoms with E-state index in [1.807, 2.05) is 13.8 Å². The molecule has 0 rings (SSSR count). The highest BCUT2D eigenvalue weighted by Crippen LogP contribution is 2.10. The third kappa shape index (κ3) is 11.3. The lowest BCUT2D eigenvalue weighted by atomic mass is 10.1. The number of carbonyl (C=O) groups is 1. The Morgan fingerprint density at radius 1 is 0.900 bits per heavy atom. The fourth-order valence-electron chi connectivity index (χ4n) is 2.13. The van der Waals surface area contributed by atoms with Gasteiger partial charge >= 0.3 is 5.97 Å². The van der Waals surface area contributed by atoms with Gasteiger partial charge in [0.05, 0.1) is 6.61 Å². The smallest absolute Gasteiger partial charge is 0.323 e. The fraction of sp³-hybridized carbons (Fsp3) is 0.941. The number of unbranched alkanes of at least 4 members (excludes halogenated alkanes) is 9. The van der Waals surface area contributed by atoms with E-state index >= 15 is 0 Å². The van der Waals surface area contributed by atoms with Gasteiger partial charge in [0.15, 0.2) is 0 Å². The Balaban J connectivity index is 3.23. The first-order valence-corrected chi connectivity index (χ1v) is 8.51. The van der Waals surface area contributed by atoms with Crippen LogP contribution in [-0.4, -0.2) is 18.6 Å². The van der Waals surface area contributed by atoms with Crippen LogP contribution in [0.4, 0.5) is 0 Å². The fourth-order valence-corrected chi connectivity index (χ4v) is 2.13. The van der Waals surface area contributed by atoms with Crippen molar-refractivity contribution in [2.75, 3.05) is 6.61 Å². The molecule has 0 aromatic heterocycles. The van der Waals surface area contributed by atoms with Crippen molar-refractivity contribution in [3.8, 4) is 0 Å². The van der Waals surface area contributed by atoms with Crippen molar-refractivity contribution in [2.45, 2.75) is 91.0 Å². The Hall–Kier alpha value is -0.570. The zero-order chi connectivity index (χ0) is 15.2. The highest BCUT2D eigenvalue weighted by atomic mass is 16.5. The second-order valence-corrected chi connectivity index (χ2v) is 6.12. The van der Waals surface area contributed by atoms with Crippen LogP contribution in [0.3, 0.4) is 0 Å². The van der Waals surface area contributed by atoms with E-state index in [0.717, 1.165) is 12.8 Å². The molecule has 3 heteroatoms. The maximum absolute atomic E-state index is 11.5. The van der Waals surface area contributed by atoms with Crippen molar-refractivity contribution >= 4 is 5.97 Å². The molecule has 0 aliphatic rings. The van der Waals surface area contributed by atoms with Crippen LogP contribution < -0.4 is 5.73 Å². The number of rotatable bonds is 13. The van der Waals surface area contributed by atoms with Gasteiger partial charge < -0.3 is 10.5 Å². The van der Waals surface area contributed by atoms with Crippen LogP contribution in [-0.2, 0) is 9.53 Å². The summed E-state index contributed by atoms with van der Waals surface area (Å²) in [4.78, 5) is 11.5. The molecular formula is C17H35NO2. The minimum Gasteiger partial charge on any atom is -0.465 e. The predicted octanol–water partition coefficient (Wildman–Crippen LogP) is 4.43. The monoisotopic (exact) mass is 285 g/mol. The molecule has 0 bridgehead atoms. The molecule has 20 heavy (non-hydrogen) atoms. The van der Waals surface area contributed by atoms with Crippen molar-refractivity contribution < 1.29 is 9.53 Å². The van der Waals surface area contributed by atoms with Gasteiger partial charge in [0.2, 0.25) is 0 Å². The zero-order valence-electron chi connectivity index (χ0n) is 13.8. The summed E-state index contributed by atoms with van der Waals surface area (Å²) < 4.78 is 5.17. The Bertz CT molecular complexity index is 229. The molecule has 3 nitrogen and oxygen atoms in total. The molecule has 0 spiro atoms. The van der Waals surface area contributed by atoms with E-state index in [2.05, 4.69) is 6.92 Å². The Kier molecular flexibility index (Phi) is 13.0. The van der Waals surface area contributed by atoms with E-state index in [4.69, 9.17) is 10.5 Å². The van der Waals surface area contributed by atoms with Gasteiger partial charge in [-0.3, -0.25) is 4.79 Å². The lowest BCUT2D eigenvalue weighted by molar-refractivity contribution is -0.146. The van der Waals surface area contributed by atoms with Crippen molar-refractivity contribution in [2.24, 2.45) is 11.7 Å². The largest absolute Gasteiger partial charge is 0.465 e. The van der Waals surface area contributed by atoms with Crippen LogP contribution in [0.5, 0.6) is 0 Å². The summed E-state index contributed by atoms with van der Waals surface area (Å²) in [6, 6.07) is -0.474. The number of carbonyl (C=O) groups excluding carboxylic acids is 1. The molecule has 0 radical (unpaired) electrons. The minimum atomic E-state index is -0.474. The third-order valence-electron chi connectivity index (χ3n) is 3.73. The summed E-state index contributed by atoms with van der Waals surface area (Å²) in [7, 11) is 0. The number of nitrogens with two attached hydrogens (primary N) is 1. The van der Waals surface area contributed by atoms with Crippen LogP contribution >= 0.6 is 0 Å². The van der Waals surface area contributed by atoms with E-state index < -0.39 is 6.04 Å². The van der Waals surface area contributed by atoms with E-state index in [1.54, 1.807) is 0 Å². The van der Waals surface area contributed by atoms with Gasteiger partial charge in [-0.1, -0.05) is 78.6 Å². The molecule has 0 saturated heterocycles. The predicted molar refractivity (Wildman–Crippen MR) is 85.6 cm³/mol. The quantitative estimate of drug-likeness (QED) is 0.402. The van der Waals surface area contributed by atoms with Crippen LogP contribution in [0.2, 0.25) is 0 Å². The minimum absolute atomic E-state index is 0.148. The van der Waals surface area contributed by atoms with Crippen LogP contribution in [0.1, 0.15) is 85.0 Å². The van der Waals surface area contributed by atoms with E-state index in [9.17, 15) is 4.79 Å². The molecule has 0 aromatic rings. The summed E-state index contributed by atoms with van der Waals surface area (Å²) in [6.07, 6.45) is 12.9. The molecule has 0 saturated carbocycles.